The van der Waals surface area contributed by atoms with Crippen molar-refractivity contribution in [3.05, 3.63) is 126 Å². The van der Waals surface area contributed by atoms with Gasteiger partial charge in [0, 0.05) is 16.5 Å². The summed E-state index contributed by atoms with van der Waals surface area (Å²) < 4.78 is 2.38. The lowest BCUT2D eigenvalue weighted by Crippen LogP contribution is -1.93. The van der Waals surface area contributed by atoms with Gasteiger partial charge in [0.2, 0.25) is 0 Å². The van der Waals surface area contributed by atoms with Crippen LogP contribution < -0.4 is 0 Å². The second-order valence-electron chi connectivity index (χ2n) is 8.87. The first kappa shape index (κ1) is 19.6. The molecule has 1 nitrogen and oxygen atoms in total. The number of para-hydroxylation sites is 1. The van der Waals surface area contributed by atoms with Gasteiger partial charge in [-0.2, -0.15) is 0 Å². The van der Waals surface area contributed by atoms with Gasteiger partial charge in [-0.25, -0.2) is 0 Å². The second-order valence-corrected chi connectivity index (χ2v) is 8.87. The van der Waals surface area contributed by atoms with Gasteiger partial charge >= 0.3 is 0 Å². The highest BCUT2D eigenvalue weighted by atomic mass is 15.0. The van der Waals surface area contributed by atoms with Gasteiger partial charge in [-0.15, -0.1) is 0 Å². The van der Waals surface area contributed by atoms with Crippen LogP contribution in [0, 0.1) is 13.8 Å². The van der Waals surface area contributed by atoms with E-state index in [1.807, 2.05) is 0 Å². The molecule has 1 heteroatoms. The van der Waals surface area contributed by atoms with E-state index >= 15 is 0 Å². The molecule has 6 aromatic rings. The second kappa shape index (κ2) is 7.79. The van der Waals surface area contributed by atoms with Gasteiger partial charge in [0.25, 0.3) is 0 Å². The van der Waals surface area contributed by atoms with E-state index in [0.29, 0.717) is 0 Å². The molecule has 0 saturated carbocycles. The molecule has 0 unspecified atom stereocenters. The molecule has 1 heterocycles. The number of rotatable bonds is 3. The Morgan fingerprint density at radius 2 is 0.909 bits per heavy atom. The van der Waals surface area contributed by atoms with Crippen molar-refractivity contribution in [3.63, 3.8) is 0 Å². The van der Waals surface area contributed by atoms with E-state index < -0.39 is 0 Å². The highest BCUT2D eigenvalue weighted by Crippen LogP contribution is 2.37. The van der Waals surface area contributed by atoms with Crippen LogP contribution in [0.4, 0.5) is 0 Å². The molecule has 0 saturated heterocycles. The third kappa shape index (κ3) is 3.43. The third-order valence-electron chi connectivity index (χ3n) is 6.48. The van der Waals surface area contributed by atoms with E-state index in [1.54, 1.807) is 0 Å². The lowest BCUT2D eigenvalue weighted by molar-refractivity contribution is 1.18. The Bertz CT molecular complexity index is 1520. The zero-order valence-electron chi connectivity index (χ0n) is 18.9. The van der Waals surface area contributed by atoms with Gasteiger partial charge in [0.15, 0.2) is 0 Å². The Kier molecular flexibility index (Phi) is 4.62. The van der Waals surface area contributed by atoms with E-state index in [9.17, 15) is 0 Å². The van der Waals surface area contributed by atoms with Crippen LogP contribution in [0.25, 0.3) is 49.7 Å². The molecule has 0 aliphatic heterocycles. The van der Waals surface area contributed by atoms with E-state index in [0.717, 1.165) is 0 Å². The van der Waals surface area contributed by atoms with Gasteiger partial charge in [-0.1, -0.05) is 90.0 Å². The third-order valence-corrected chi connectivity index (χ3v) is 6.48. The summed E-state index contributed by atoms with van der Waals surface area (Å²) in [7, 11) is 0. The molecule has 0 aliphatic carbocycles. The first-order valence-corrected chi connectivity index (χ1v) is 11.5. The van der Waals surface area contributed by atoms with Gasteiger partial charge in [-0.3, -0.25) is 0 Å². The zero-order valence-corrected chi connectivity index (χ0v) is 18.9. The maximum Gasteiger partial charge on any atom is 0.0541 e. The molecule has 0 spiro atoms. The van der Waals surface area contributed by atoms with Crippen molar-refractivity contribution in [2.45, 2.75) is 13.8 Å². The van der Waals surface area contributed by atoms with Crippen LogP contribution in [0.3, 0.4) is 0 Å². The fourth-order valence-electron chi connectivity index (χ4n) is 4.89. The summed E-state index contributed by atoms with van der Waals surface area (Å²) in [6.45, 7) is 4.30. The van der Waals surface area contributed by atoms with Crippen molar-refractivity contribution in [2.75, 3.05) is 0 Å². The lowest BCUT2D eigenvalue weighted by Gasteiger charge is -2.09. The smallest absolute Gasteiger partial charge is 0.0541 e. The molecule has 6 rings (SSSR count). The minimum atomic E-state index is 1.18. The molecular formula is C32H25N. The maximum atomic E-state index is 2.38. The standard InChI is InChI=1S/C32H25N/c1-22-8-6-10-24(18-22)26-14-16-31-29(20-26)30-21-27(25-11-7-9-23(2)19-25)15-17-32(30)33(31)28-12-4-3-5-13-28/h3-21H,1-2H3. The van der Waals surface area contributed by atoms with Crippen molar-refractivity contribution >= 4 is 21.8 Å². The van der Waals surface area contributed by atoms with E-state index in [4.69, 9.17) is 0 Å². The van der Waals surface area contributed by atoms with E-state index in [-0.39, 0.29) is 0 Å². The van der Waals surface area contributed by atoms with Crippen LogP contribution in [-0.4, -0.2) is 4.57 Å². The van der Waals surface area contributed by atoms with Crippen LogP contribution in [0.1, 0.15) is 11.1 Å². The summed E-state index contributed by atoms with van der Waals surface area (Å²) in [6, 6.07) is 41.9. The Labute approximate surface area is 194 Å². The first-order chi connectivity index (χ1) is 16.2. The van der Waals surface area contributed by atoms with Crippen molar-refractivity contribution in [1.29, 1.82) is 0 Å². The molecule has 158 valence electrons. The van der Waals surface area contributed by atoms with Gasteiger partial charge < -0.3 is 4.57 Å². The molecule has 0 radical (unpaired) electrons. The summed E-state index contributed by atoms with van der Waals surface area (Å²) >= 11 is 0. The average Bonchev–Trinajstić information content (AvgIpc) is 3.17. The average molecular weight is 424 g/mol. The quantitative estimate of drug-likeness (QED) is 0.268. The normalized spacial score (nSPS) is 11.3. The molecule has 0 bridgehead atoms. The van der Waals surface area contributed by atoms with Crippen LogP contribution in [0.15, 0.2) is 115 Å². The monoisotopic (exact) mass is 423 g/mol. The number of nitrogens with zero attached hydrogens (tertiary/aromatic N) is 1. The number of aryl methyl sites for hydroxylation is 2. The highest BCUT2D eigenvalue weighted by molar-refractivity contribution is 6.11. The molecule has 0 aliphatic rings. The predicted molar refractivity (Wildman–Crippen MR) is 141 cm³/mol. The summed E-state index contributed by atoms with van der Waals surface area (Å²) in [4.78, 5) is 0. The number of benzene rings is 5. The molecule has 5 aromatic carbocycles. The van der Waals surface area contributed by atoms with Gasteiger partial charge in [0.1, 0.15) is 0 Å². The molecule has 0 atom stereocenters. The number of aromatic nitrogens is 1. The largest absolute Gasteiger partial charge is 0.309 e. The first-order valence-electron chi connectivity index (χ1n) is 11.5. The van der Waals surface area contributed by atoms with E-state index in [2.05, 4.69) is 134 Å². The van der Waals surface area contributed by atoms with Crippen LogP contribution >= 0.6 is 0 Å². The van der Waals surface area contributed by atoms with Crippen molar-refractivity contribution in [3.8, 4) is 27.9 Å². The van der Waals surface area contributed by atoms with Crippen molar-refractivity contribution in [1.82, 2.24) is 4.57 Å². The maximum absolute atomic E-state index is 2.38. The predicted octanol–water partition coefficient (Wildman–Crippen LogP) is 8.73. The Hall–Kier alpha value is -4.10. The minimum absolute atomic E-state index is 1.18. The minimum Gasteiger partial charge on any atom is -0.309 e. The molecule has 0 amide bonds. The Morgan fingerprint density at radius 1 is 0.424 bits per heavy atom. The summed E-state index contributed by atoms with van der Waals surface area (Å²) in [5.41, 5.74) is 11.2. The topological polar surface area (TPSA) is 4.93 Å². The van der Waals surface area contributed by atoms with Crippen LogP contribution in [0.2, 0.25) is 0 Å². The molecule has 0 fully saturated rings. The van der Waals surface area contributed by atoms with Crippen LogP contribution in [0.5, 0.6) is 0 Å². The molecular weight excluding hydrogens is 398 g/mol. The molecule has 0 N–H and O–H groups in total. The fraction of sp³-hybridized carbons (Fsp3) is 0.0625. The number of hydrogen-bond acceptors (Lipinski definition) is 0. The number of fused-ring (bicyclic) bond motifs is 3. The van der Waals surface area contributed by atoms with Crippen LogP contribution in [-0.2, 0) is 0 Å². The summed E-state index contributed by atoms with van der Waals surface area (Å²) in [5.74, 6) is 0. The highest BCUT2D eigenvalue weighted by Gasteiger charge is 2.14. The number of hydrogen-bond donors (Lipinski definition) is 0. The Balaban J connectivity index is 1.66. The lowest BCUT2D eigenvalue weighted by atomic mass is 9.99. The van der Waals surface area contributed by atoms with E-state index in [1.165, 1.54) is 60.9 Å². The summed E-state index contributed by atoms with van der Waals surface area (Å²) in [6.07, 6.45) is 0. The van der Waals surface area contributed by atoms with Gasteiger partial charge in [-0.05, 0) is 72.5 Å². The fourth-order valence-corrected chi connectivity index (χ4v) is 4.89. The molecule has 1 aromatic heterocycles. The Morgan fingerprint density at radius 3 is 1.39 bits per heavy atom. The van der Waals surface area contributed by atoms with Crippen molar-refractivity contribution in [2.24, 2.45) is 0 Å². The van der Waals surface area contributed by atoms with Crippen molar-refractivity contribution < 1.29 is 0 Å². The SMILES string of the molecule is Cc1cccc(-c2ccc3c(c2)c2cc(-c4cccc(C)c4)ccc2n3-c2ccccc2)c1. The zero-order chi connectivity index (χ0) is 22.4. The summed E-state index contributed by atoms with van der Waals surface area (Å²) in [5, 5.41) is 2.56. The van der Waals surface area contributed by atoms with Gasteiger partial charge in [0.05, 0.1) is 11.0 Å². The molecule has 33 heavy (non-hydrogen) atoms.